The van der Waals surface area contributed by atoms with Crippen molar-refractivity contribution >= 4 is 0 Å². The van der Waals surface area contributed by atoms with Crippen LogP contribution in [0.5, 0.6) is 5.75 Å². The van der Waals surface area contributed by atoms with Gasteiger partial charge in [0.15, 0.2) is 0 Å². The molecule has 1 fully saturated rings. The van der Waals surface area contributed by atoms with Gasteiger partial charge in [-0.1, -0.05) is 42.8 Å². The van der Waals surface area contributed by atoms with Gasteiger partial charge in [-0.05, 0) is 47.6 Å². The molecule has 0 bridgehead atoms. The van der Waals surface area contributed by atoms with Crippen LogP contribution in [0.3, 0.4) is 0 Å². The predicted molar refractivity (Wildman–Crippen MR) is 80.1 cm³/mol. The maximum atomic E-state index is 10.6. The van der Waals surface area contributed by atoms with Crippen LogP contribution < -0.4 is 4.74 Å². The normalized spacial score (nSPS) is 16.5. The smallest absolute Gasteiger partial charge is 0.119 e. The first-order valence-corrected chi connectivity index (χ1v) is 7.20. The fraction of sp³-hybridized carbons (Fsp3) is 0.333. The van der Waals surface area contributed by atoms with E-state index in [1.54, 1.807) is 7.11 Å². The number of rotatable bonds is 4. The van der Waals surface area contributed by atoms with Crippen LogP contribution in [0.25, 0.3) is 0 Å². The summed E-state index contributed by atoms with van der Waals surface area (Å²) in [7, 11) is 1.64. The number of ether oxygens (including phenoxy) is 1. The summed E-state index contributed by atoms with van der Waals surface area (Å²) in [6.07, 6.45) is 3.29. The number of methoxy groups -OCH3 is 1. The number of aliphatic hydroxyl groups is 1. The van der Waals surface area contributed by atoms with E-state index in [9.17, 15) is 5.11 Å². The molecule has 1 N–H and O–H groups in total. The SMILES string of the molecule is COc1cccc(C(O)c2cccc(C3CCC3)c2)c1. The molecule has 1 unspecified atom stereocenters. The number of hydrogen-bond donors (Lipinski definition) is 1. The van der Waals surface area contributed by atoms with Gasteiger partial charge in [-0.25, -0.2) is 0 Å². The molecule has 0 saturated heterocycles. The molecule has 0 amide bonds. The fourth-order valence-corrected chi connectivity index (χ4v) is 2.73. The lowest BCUT2D eigenvalue weighted by Gasteiger charge is -2.26. The van der Waals surface area contributed by atoms with E-state index in [2.05, 4.69) is 12.1 Å². The third-order valence-corrected chi connectivity index (χ3v) is 4.21. The van der Waals surface area contributed by atoms with Gasteiger partial charge in [0, 0.05) is 0 Å². The average Bonchev–Trinajstić information content (AvgIpc) is 2.45. The summed E-state index contributed by atoms with van der Waals surface area (Å²) in [5.74, 6) is 1.46. The van der Waals surface area contributed by atoms with Gasteiger partial charge in [0.2, 0.25) is 0 Å². The summed E-state index contributed by atoms with van der Waals surface area (Å²) in [4.78, 5) is 0. The first-order chi connectivity index (χ1) is 9.78. The van der Waals surface area contributed by atoms with Gasteiger partial charge >= 0.3 is 0 Å². The van der Waals surface area contributed by atoms with Crippen molar-refractivity contribution in [3.63, 3.8) is 0 Å². The molecular weight excluding hydrogens is 248 g/mol. The highest BCUT2D eigenvalue weighted by Crippen LogP contribution is 2.37. The van der Waals surface area contributed by atoms with Crippen LogP contribution in [-0.2, 0) is 0 Å². The van der Waals surface area contributed by atoms with Crippen molar-refractivity contribution < 1.29 is 9.84 Å². The summed E-state index contributed by atoms with van der Waals surface area (Å²) >= 11 is 0. The molecular formula is C18H20O2. The highest BCUT2D eigenvalue weighted by Gasteiger charge is 2.20. The Kier molecular flexibility index (Phi) is 3.75. The summed E-state index contributed by atoms with van der Waals surface area (Å²) in [5.41, 5.74) is 3.19. The van der Waals surface area contributed by atoms with Crippen molar-refractivity contribution in [2.45, 2.75) is 31.3 Å². The van der Waals surface area contributed by atoms with Crippen LogP contribution >= 0.6 is 0 Å². The number of hydrogen-bond acceptors (Lipinski definition) is 2. The Labute approximate surface area is 120 Å². The topological polar surface area (TPSA) is 29.5 Å². The van der Waals surface area contributed by atoms with E-state index in [4.69, 9.17) is 4.74 Å². The third-order valence-electron chi connectivity index (χ3n) is 4.21. The molecule has 1 aliphatic carbocycles. The van der Waals surface area contributed by atoms with E-state index >= 15 is 0 Å². The maximum absolute atomic E-state index is 10.6. The molecule has 2 heteroatoms. The van der Waals surface area contributed by atoms with Crippen LogP contribution in [0.2, 0.25) is 0 Å². The minimum atomic E-state index is -0.592. The maximum Gasteiger partial charge on any atom is 0.119 e. The van der Waals surface area contributed by atoms with Crippen molar-refractivity contribution in [3.8, 4) is 5.75 Å². The molecule has 2 nitrogen and oxygen atoms in total. The van der Waals surface area contributed by atoms with Crippen molar-refractivity contribution in [1.29, 1.82) is 0 Å². The van der Waals surface area contributed by atoms with Crippen molar-refractivity contribution in [2.24, 2.45) is 0 Å². The van der Waals surface area contributed by atoms with Crippen LogP contribution in [0.1, 0.15) is 48.0 Å². The zero-order valence-corrected chi connectivity index (χ0v) is 11.8. The Hall–Kier alpha value is -1.80. The standard InChI is InChI=1S/C18H20O2/c1-20-17-10-4-9-16(12-17)18(19)15-8-3-7-14(11-15)13-5-2-6-13/h3-4,7-13,18-19H,2,5-6H2,1H3. The monoisotopic (exact) mass is 268 g/mol. The Balaban J connectivity index is 1.87. The number of aliphatic hydroxyl groups excluding tert-OH is 1. The first-order valence-electron chi connectivity index (χ1n) is 7.20. The fourth-order valence-electron chi connectivity index (χ4n) is 2.73. The molecule has 0 heterocycles. The second-order valence-electron chi connectivity index (χ2n) is 5.48. The quantitative estimate of drug-likeness (QED) is 0.906. The molecule has 0 aliphatic heterocycles. The minimum Gasteiger partial charge on any atom is -0.497 e. The van der Waals surface area contributed by atoms with Gasteiger partial charge in [0.05, 0.1) is 7.11 Å². The zero-order valence-electron chi connectivity index (χ0n) is 11.8. The van der Waals surface area contributed by atoms with Gasteiger partial charge < -0.3 is 9.84 Å². The van der Waals surface area contributed by atoms with E-state index in [0.29, 0.717) is 5.92 Å². The molecule has 0 aromatic heterocycles. The molecule has 2 aromatic carbocycles. The third kappa shape index (κ3) is 2.56. The molecule has 3 rings (SSSR count). The van der Waals surface area contributed by atoms with Gasteiger partial charge in [0.1, 0.15) is 11.9 Å². The predicted octanol–water partition coefficient (Wildman–Crippen LogP) is 4.04. The lowest BCUT2D eigenvalue weighted by molar-refractivity contribution is 0.219. The van der Waals surface area contributed by atoms with E-state index < -0.39 is 6.10 Å². The molecule has 1 atom stereocenters. The zero-order chi connectivity index (χ0) is 13.9. The molecule has 0 spiro atoms. The van der Waals surface area contributed by atoms with Crippen LogP contribution in [-0.4, -0.2) is 12.2 Å². The summed E-state index contributed by atoms with van der Waals surface area (Å²) in [6.45, 7) is 0. The van der Waals surface area contributed by atoms with Crippen LogP contribution in [0, 0.1) is 0 Å². The van der Waals surface area contributed by atoms with Gasteiger partial charge in [-0.2, -0.15) is 0 Å². The molecule has 1 aliphatic rings. The van der Waals surface area contributed by atoms with E-state index in [1.165, 1.54) is 24.8 Å². The second-order valence-corrected chi connectivity index (χ2v) is 5.48. The Morgan fingerprint density at radius 3 is 2.40 bits per heavy atom. The highest BCUT2D eigenvalue weighted by atomic mass is 16.5. The van der Waals surface area contributed by atoms with E-state index in [1.807, 2.05) is 36.4 Å². The first kappa shape index (κ1) is 13.2. The summed E-state index contributed by atoms with van der Waals surface area (Å²) in [6, 6.07) is 16.0. The van der Waals surface area contributed by atoms with Crippen LogP contribution in [0.15, 0.2) is 48.5 Å². The van der Waals surface area contributed by atoms with Crippen molar-refractivity contribution in [2.75, 3.05) is 7.11 Å². The number of benzene rings is 2. The molecule has 0 radical (unpaired) electrons. The van der Waals surface area contributed by atoms with Crippen molar-refractivity contribution in [1.82, 2.24) is 0 Å². The van der Waals surface area contributed by atoms with Gasteiger partial charge in [-0.15, -0.1) is 0 Å². The second kappa shape index (κ2) is 5.68. The average molecular weight is 268 g/mol. The Morgan fingerprint density at radius 1 is 1.05 bits per heavy atom. The van der Waals surface area contributed by atoms with Crippen LogP contribution in [0.4, 0.5) is 0 Å². The minimum absolute atomic E-state index is 0.592. The Morgan fingerprint density at radius 2 is 1.75 bits per heavy atom. The lowest BCUT2D eigenvalue weighted by atomic mass is 9.79. The molecule has 20 heavy (non-hydrogen) atoms. The Bertz CT molecular complexity index is 587. The van der Waals surface area contributed by atoms with Crippen molar-refractivity contribution in [3.05, 3.63) is 65.2 Å². The van der Waals surface area contributed by atoms with E-state index in [-0.39, 0.29) is 0 Å². The summed E-state index contributed by atoms with van der Waals surface area (Å²) < 4.78 is 5.22. The lowest BCUT2D eigenvalue weighted by Crippen LogP contribution is -2.09. The largest absolute Gasteiger partial charge is 0.497 e. The van der Waals surface area contributed by atoms with Gasteiger partial charge in [-0.3, -0.25) is 0 Å². The molecule has 1 saturated carbocycles. The molecule has 104 valence electrons. The van der Waals surface area contributed by atoms with Gasteiger partial charge in [0.25, 0.3) is 0 Å². The van der Waals surface area contributed by atoms with E-state index in [0.717, 1.165) is 16.9 Å². The highest BCUT2D eigenvalue weighted by molar-refractivity contribution is 5.37. The molecule has 2 aromatic rings. The summed E-state index contributed by atoms with van der Waals surface area (Å²) in [5, 5.41) is 10.6.